The molecule has 3 heteroatoms. The van der Waals surface area contributed by atoms with Gasteiger partial charge >= 0.3 is 0 Å². The van der Waals surface area contributed by atoms with Gasteiger partial charge in [0.05, 0.1) is 5.97 Å². The number of carboxylic acids is 1. The first-order valence-electron chi connectivity index (χ1n) is 5.36. The Balaban J connectivity index is 4.17. The third-order valence-electron chi connectivity index (χ3n) is 2.46. The van der Waals surface area contributed by atoms with Crippen LogP contribution in [0.5, 0.6) is 0 Å². The molecule has 0 aromatic carbocycles. The summed E-state index contributed by atoms with van der Waals surface area (Å²) in [5.41, 5.74) is -1.61. The number of carbonyl (C=O) groups is 1. The number of hydrogen-bond acceptors (Lipinski definition) is 3. The van der Waals surface area contributed by atoms with Gasteiger partial charge in [-0.2, -0.15) is 0 Å². The highest BCUT2D eigenvalue weighted by atomic mass is 16.4. The second-order valence-corrected chi connectivity index (χ2v) is 4.36. The molecule has 0 rings (SSSR count). The van der Waals surface area contributed by atoms with Crippen LogP contribution in [0.15, 0.2) is 0 Å². The van der Waals surface area contributed by atoms with E-state index in [1.54, 1.807) is 0 Å². The van der Waals surface area contributed by atoms with Crippen molar-refractivity contribution in [1.29, 1.82) is 0 Å². The highest BCUT2D eigenvalue weighted by molar-refractivity contribution is 5.74. The predicted octanol–water partition coefficient (Wildman–Crippen LogP) is 1.09. The van der Waals surface area contributed by atoms with Crippen molar-refractivity contribution in [2.24, 2.45) is 5.92 Å². The summed E-state index contributed by atoms with van der Waals surface area (Å²) in [7, 11) is 0. The zero-order valence-corrected chi connectivity index (χ0v) is 9.38. The first kappa shape index (κ1) is 13.4. The minimum atomic E-state index is -1.61. The lowest BCUT2D eigenvalue weighted by Gasteiger charge is -2.29. The molecule has 3 nitrogen and oxygen atoms in total. The van der Waals surface area contributed by atoms with E-state index in [-0.39, 0.29) is 0 Å². The van der Waals surface area contributed by atoms with Crippen molar-refractivity contribution < 1.29 is 15.0 Å². The summed E-state index contributed by atoms with van der Waals surface area (Å²) in [6, 6.07) is 0. The quantitative estimate of drug-likeness (QED) is 0.670. The molecule has 0 aromatic rings. The van der Waals surface area contributed by atoms with Crippen molar-refractivity contribution in [1.82, 2.24) is 0 Å². The molecule has 84 valence electrons. The van der Waals surface area contributed by atoms with E-state index in [1.165, 1.54) is 0 Å². The largest absolute Gasteiger partial charge is 0.547 e. The van der Waals surface area contributed by atoms with Gasteiger partial charge in [-0.25, -0.2) is 0 Å². The third kappa shape index (κ3) is 4.61. The van der Waals surface area contributed by atoms with Crippen molar-refractivity contribution in [2.75, 3.05) is 0 Å². The zero-order chi connectivity index (χ0) is 11.2. The molecule has 0 amide bonds. The topological polar surface area (TPSA) is 60.4 Å². The van der Waals surface area contributed by atoms with Gasteiger partial charge in [-0.15, -0.1) is 0 Å². The molecule has 0 radical (unpaired) electrons. The first-order chi connectivity index (χ1) is 6.42. The third-order valence-corrected chi connectivity index (χ3v) is 2.46. The summed E-state index contributed by atoms with van der Waals surface area (Å²) >= 11 is 0. The molecule has 0 aliphatic carbocycles. The van der Waals surface area contributed by atoms with Gasteiger partial charge < -0.3 is 15.0 Å². The Labute approximate surface area is 86.1 Å². The van der Waals surface area contributed by atoms with Gasteiger partial charge in [-0.05, 0) is 25.2 Å². The standard InChI is InChI=1S/C11H22O3/c1-4-5-7-11(14,10(12)13)8-6-9(2)3/h9,14H,4-8H2,1-3H3,(H,12,13)/p-1. The van der Waals surface area contributed by atoms with Gasteiger partial charge in [0.2, 0.25) is 0 Å². The molecule has 0 saturated carbocycles. The van der Waals surface area contributed by atoms with E-state index in [2.05, 4.69) is 0 Å². The van der Waals surface area contributed by atoms with Crippen molar-refractivity contribution >= 4 is 5.97 Å². The van der Waals surface area contributed by atoms with Crippen molar-refractivity contribution in [3.63, 3.8) is 0 Å². The Morgan fingerprint density at radius 1 is 1.43 bits per heavy atom. The number of carboxylic acid groups (broad SMARTS) is 1. The molecule has 1 atom stereocenters. The van der Waals surface area contributed by atoms with Crippen molar-refractivity contribution in [3.8, 4) is 0 Å². The Bertz CT molecular complexity index is 177. The average molecular weight is 201 g/mol. The van der Waals surface area contributed by atoms with E-state index < -0.39 is 11.6 Å². The summed E-state index contributed by atoms with van der Waals surface area (Å²) < 4.78 is 0. The second kappa shape index (κ2) is 6.02. The van der Waals surface area contributed by atoms with Gasteiger partial charge in [0.1, 0.15) is 5.60 Å². The number of rotatable bonds is 7. The highest BCUT2D eigenvalue weighted by Crippen LogP contribution is 2.22. The maximum absolute atomic E-state index is 10.8. The number of aliphatic carboxylic acids is 1. The van der Waals surface area contributed by atoms with Gasteiger partial charge in [-0.3, -0.25) is 0 Å². The highest BCUT2D eigenvalue weighted by Gasteiger charge is 2.27. The molecule has 0 bridgehead atoms. The lowest BCUT2D eigenvalue weighted by Crippen LogP contribution is -2.48. The van der Waals surface area contributed by atoms with Crippen LogP contribution < -0.4 is 5.11 Å². The molecule has 0 aromatic heterocycles. The molecule has 0 fully saturated rings. The van der Waals surface area contributed by atoms with Crippen LogP contribution in [-0.4, -0.2) is 16.7 Å². The van der Waals surface area contributed by atoms with Crippen LogP contribution in [0.25, 0.3) is 0 Å². The average Bonchev–Trinajstić information content (AvgIpc) is 2.11. The van der Waals surface area contributed by atoms with E-state index in [4.69, 9.17) is 0 Å². The lowest BCUT2D eigenvalue weighted by atomic mass is 9.89. The molecule has 0 aliphatic heterocycles. The van der Waals surface area contributed by atoms with Crippen LogP contribution in [0.4, 0.5) is 0 Å². The van der Waals surface area contributed by atoms with Crippen LogP contribution in [0.3, 0.4) is 0 Å². The maximum atomic E-state index is 10.8. The predicted molar refractivity (Wildman–Crippen MR) is 53.6 cm³/mol. The van der Waals surface area contributed by atoms with Gasteiger partial charge in [0.25, 0.3) is 0 Å². The van der Waals surface area contributed by atoms with Crippen molar-refractivity contribution in [2.45, 2.75) is 58.5 Å². The normalized spacial score (nSPS) is 15.5. The lowest BCUT2D eigenvalue weighted by molar-refractivity contribution is -0.326. The van der Waals surface area contributed by atoms with E-state index in [0.717, 1.165) is 12.8 Å². The number of hydrogen-bond donors (Lipinski definition) is 1. The number of aliphatic hydroxyl groups is 1. The Kier molecular flexibility index (Phi) is 5.77. The minimum Gasteiger partial charge on any atom is -0.547 e. The summed E-state index contributed by atoms with van der Waals surface area (Å²) in [4.78, 5) is 10.8. The molecule has 1 N–H and O–H groups in total. The molecular weight excluding hydrogens is 180 g/mol. The SMILES string of the molecule is CCCCC(O)(CCC(C)C)C(=O)[O-]. The molecule has 1 unspecified atom stereocenters. The fraction of sp³-hybridized carbons (Fsp3) is 0.909. The minimum absolute atomic E-state index is 0.299. The number of carbonyl (C=O) groups excluding carboxylic acids is 1. The Morgan fingerprint density at radius 3 is 2.36 bits per heavy atom. The summed E-state index contributed by atoms with van der Waals surface area (Å²) in [5, 5.41) is 20.6. The van der Waals surface area contributed by atoms with E-state index >= 15 is 0 Å². The van der Waals surface area contributed by atoms with Crippen LogP contribution >= 0.6 is 0 Å². The van der Waals surface area contributed by atoms with Gasteiger partial charge in [0, 0.05) is 0 Å². The molecule has 0 aliphatic rings. The molecule has 0 heterocycles. The van der Waals surface area contributed by atoms with Crippen LogP contribution in [0.2, 0.25) is 0 Å². The Morgan fingerprint density at radius 2 is 2.00 bits per heavy atom. The van der Waals surface area contributed by atoms with Crippen molar-refractivity contribution in [3.05, 3.63) is 0 Å². The molecule has 14 heavy (non-hydrogen) atoms. The first-order valence-corrected chi connectivity index (χ1v) is 5.36. The summed E-state index contributed by atoms with van der Waals surface area (Å²) in [6.45, 7) is 5.99. The fourth-order valence-corrected chi connectivity index (χ4v) is 1.33. The molecule has 0 spiro atoms. The number of unbranched alkanes of at least 4 members (excludes halogenated alkanes) is 1. The monoisotopic (exact) mass is 201 g/mol. The fourth-order valence-electron chi connectivity index (χ4n) is 1.33. The van der Waals surface area contributed by atoms with Gasteiger partial charge in [-0.1, -0.05) is 33.6 Å². The van der Waals surface area contributed by atoms with Crippen LogP contribution in [0, 0.1) is 5.92 Å². The van der Waals surface area contributed by atoms with E-state index in [1.807, 2.05) is 20.8 Å². The van der Waals surface area contributed by atoms with E-state index in [9.17, 15) is 15.0 Å². The van der Waals surface area contributed by atoms with Gasteiger partial charge in [0.15, 0.2) is 0 Å². The summed E-state index contributed by atoms with van der Waals surface area (Å²) in [5.74, 6) is -0.922. The van der Waals surface area contributed by atoms with E-state index in [0.29, 0.717) is 25.2 Å². The second-order valence-electron chi connectivity index (χ2n) is 4.36. The molecule has 0 saturated heterocycles. The van der Waals surface area contributed by atoms with Crippen LogP contribution in [0.1, 0.15) is 52.9 Å². The molecular formula is C11H21O3-. The zero-order valence-electron chi connectivity index (χ0n) is 9.38. The maximum Gasteiger partial charge on any atom is 0.104 e. The van der Waals surface area contributed by atoms with Crippen LogP contribution in [-0.2, 0) is 4.79 Å². The Hall–Kier alpha value is -0.570. The smallest absolute Gasteiger partial charge is 0.104 e. The summed E-state index contributed by atoms with van der Waals surface area (Å²) in [6.07, 6.45) is 2.93.